The Morgan fingerprint density at radius 2 is 2.07 bits per heavy atom. The number of amides is 2. The minimum absolute atomic E-state index is 0.155. The third-order valence-electron chi connectivity index (χ3n) is 3.79. The SMILES string of the molecule is COc1cc(C=C2SC(=S)NC2=O)ccc1OCC(=O)Nc1cccc(C)c1. The molecule has 1 heterocycles. The lowest BCUT2D eigenvalue weighted by molar-refractivity contribution is -0.118. The number of nitrogens with one attached hydrogen (secondary N) is 2. The van der Waals surface area contributed by atoms with E-state index in [4.69, 9.17) is 21.7 Å². The largest absolute Gasteiger partial charge is 0.493 e. The number of rotatable bonds is 6. The van der Waals surface area contributed by atoms with Gasteiger partial charge in [0.25, 0.3) is 11.8 Å². The topological polar surface area (TPSA) is 76.7 Å². The zero-order valence-corrected chi connectivity index (χ0v) is 16.9. The van der Waals surface area contributed by atoms with Crippen LogP contribution in [0.15, 0.2) is 47.4 Å². The van der Waals surface area contributed by atoms with Gasteiger partial charge in [-0.15, -0.1) is 0 Å². The molecule has 1 saturated heterocycles. The molecule has 0 aromatic heterocycles. The first-order valence-corrected chi connectivity index (χ1v) is 9.59. The summed E-state index contributed by atoms with van der Waals surface area (Å²) >= 11 is 6.19. The normalized spacial score (nSPS) is 14.7. The minimum Gasteiger partial charge on any atom is -0.493 e. The molecule has 28 heavy (non-hydrogen) atoms. The van der Waals surface area contributed by atoms with Gasteiger partial charge in [-0.2, -0.15) is 0 Å². The molecule has 0 spiro atoms. The summed E-state index contributed by atoms with van der Waals surface area (Å²) in [4.78, 5) is 24.4. The standard InChI is InChI=1S/C20H18N2O4S2/c1-12-4-3-5-14(8-12)21-18(23)11-26-15-7-6-13(9-16(15)25-2)10-17-19(24)22-20(27)28-17/h3-10H,11H2,1-2H3,(H,21,23)(H,22,24,27). The quantitative estimate of drug-likeness (QED) is 0.557. The summed E-state index contributed by atoms with van der Waals surface area (Å²) in [7, 11) is 1.51. The molecule has 1 aliphatic heterocycles. The Kier molecular flexibility index (Phi) is 6.33. The fraction of sp³-hybridized carbons (Fsp3) is 0.150. The van der Waals surface area contributed by atoms with Crippen LogP contribution in [0, 0.1) is 6.92 Å². The summed E-state index contributed by atoms with van der Waals surface area (Å²) in [5, 5.41) is 5.36. The number of aryl methyl sites for hydroxylation is 1. The van der Waals surface area contributed by atoms with Gasteiger partial charge < -0.3 is 20.1 Å². The summed E-state index contributed by atoms with van der Waals surface area (Å²) in [6.45, 7) is 1.80. The van der Waals surface area contributed by atoms with Crippen molar-refractivity contribution < 1.29 is 19.1 Å². The lowest BCUT2D eigenvalue weighted by Gasteiger charge is -2.12. The molecule has 2 N–H and O–H groups in total. The molecule has 1 aliphatic rings. The Balaban J connectivity index is 1.65. The molecule has 3 rings (SSSR count). The molecule has 0 aliphatic carbocycles. The molecule has 2 aromatic rings. The van der Waals surface area contributed by atoms with Crippen LogP contribution in [0.1, 0.15) is 11.1 Å². The van der Waals surface area contributed by atoms with E-state index in [9.17, 15) is 9.59 Å². The monoisotopic (exact) mass is 414 g/mol. The van der Waals surface area contributed by atoms with Crippen LogP contribution in [0.5, 0.6) is 11.5 Å². The Bertz CT molecular complexity index is 972. The zero-order chi connectivity index (χ0) is 20.1. The van der Waals surface area contributed by atoms with Gasteiger partial charge in [0, 0.05) is 5.69 Å². The number of carbonyl (C=O) groups is 2. The van der Waals surface area contributed by atoms with Crippen LogP contribution in [0.3, 0.4) is 0 Å². The van der Waals surface area contributed by atoms with Crippen LogP contribution in [-0.2, 0) is 9.59 Å². The maximum Gasteiger partial charge on any atom is 0.263 e. The molecule has 1 fully saturated rings. The number of carbonyl (C=O) groups excluding carboxylic acids is 2. The molecule has 0 unspecified atom stereocenters. The van der Waals surface area contributed by atoms with E-state index in [0.29, 0.717) is 26.4 Å². The van der Waals surface area contributed by atoms with Crippen molar-refractivity contribution in [2.24, 2.45) is 0 Å². The third kappa shape index (κ3) is 5.11. The van der Waals surface area contributed by atoms with Gasteiger partial charge in [-0.25, -0.2) is 0 Å². The highest BCUT2D eigenvalue weighted by atomic mass is 32.2. The molecule has 2 aromatic carbocycles. The van der Waals surface area contributed by atoms with Crippen molar-refractivity contribution in [1.29, 1.82) is 0 Å². The van der Waals surface area contributed by atoms with Crippen LogP contribution < -0.4 is 20.1 Å². The smallest absolute Gasteiger partial charge is 0.263 e. The first-order valence-electron chi connectivity index (χ1n) is 8.37. The highest BCUT2D eigenvalue weighted by Crippen LogP contribution is 2.31. The maximum atomic E-state index is 12.1. The van der Waals surface area contributed by atoms with Crippen LogP contribution in [0.2, 0.25) is 0 Å². The number of methoxy groups -OCH3 is 1. The highest BCUT2D eigenvalue weighted by Gasteiger charge is 2.22. The summed E-state index contributed by atoms with van der Waals surface area (Å²) in [5.41, 5.74) is 2.53. The van der Waals surface area contributed by atoms with Gasteiger partial charge in [-0.1, -0.05) is 42.2 Å². The van der Waals surface area contributed by atoms with Gasteiger partial charge in [-0.3, -0.25) is 9.59 Å². The van der Waals surface area contributed by atoms with Gasteiger partial charge in [0.05, 0.1) is 12.0 Å². The Labute approximate surface area is 172 Å². The van der Waals surface area contributed by atoms with Crippen LogP contribution in [-0.4, -0.2) is 29.9 Å². The van der Waals surface area contributed by atoms with E-state index in [0.717, 1.165) is 11.1 Å². The number of thioether (sulfide) groups is 1. The lowest BCUT2D eigenvalue weighted by atomic mass is 10.2. The summed E-state index contributed by atoms with van der Waals surface area (Å²) in [6, 6.07) is 12.7. The van der Waals surface area contributed by atoms with Crippen LogP contribution >= 0.6 is 24.0 Å². The number of anilines is 1. The van der Waals surface area contributed by atoms with E-state index < -0.39 is 0 Å². The summed E-state index contributed by atoms with van der Waals surface area (Å²) in [5.74, 6) is 0.403. The fourth-order valence-electron chi connectivity index (χ4n) is 2.53. The number of benzene rings is 2. The Morgan fingerprint density at radius 3 is 2.75 bits per heavy atom. The van der Waals surface area contributed by atoms with E-state index in [1.165, 1.54) is 18.9 Å². The molecule has 0 saturated carbocycles. The molecule has 144 valence electrons. The van der Waals surface area contributed by atoms with Crippen LogP contribution in [0.25, 0.3) is 6.08 Å². The van der Waals surface area contributed by atoms with Crippen molar-refractivity contribution in [3.8, 4) is 11.5 Å². The second-order valence-corrected chi connectivity index (χ2v) is 7.69. The molecule has 8 heteroatoms. The lowest BCUT2D eigenvalue weighted by Crippen LogP contribution is -2.20. The average Bonchev–Trinajstić information content (AvgIpc) is 2.97. The summed E-state index contributed by atoms with van der Waals surface area (Å²) < 4.78 is 11.4. The van der Waals surface area contributed by atoms with Crippen molar-refractivity contribution >= 4 is 51.9 Å². The Hall–Kier alpha value is -2.84. The fourth-order valence-corrected chi connectivity index (χ4v) is 3.57. The van der Waals surface area contributed by atoms with Crippen molar-refractivity contribution in [2.45, 2.75) is 6.92 Å². The number of thiocarbonyl (C=S) groups is 1. The maximum absolute atomic E-state index is 12.1. The first-order chi connectivity index (χ1) is 13.4. The highest BCUT2D eigenvalue weighted by molar-refractivity contribution is 8.26. The molecule has 6 nitrogen and oxygen atoms in total. The molecule has 0 bridgehead atoms. The Morgan fingerprint density at radius 1 is 1.25 bits per heavy atom. The second kappa shape index (κ2) is 8.90. The van der Waals surface area contributed by atoms with E-state index in [1.807, 2.05) is 31.2 Å². The van der Waals surface area contributed by atoms with Crippen molar-refractivity contribution in [3.05, 3.63) is 58.5 Å². The van der Waals surface area contributed by atoms with Crippen molar-refractivity contribution in [1.82, 2.24) is 5.32 Å². The van der Waals surface area contributed by atoms with Gasteiger partial charge in [0.1, 0.15) is 4.32 Å². The number of ether oxygens (including phenoxy) is 2. The van der Waals surface area contributed by atoms with Gasteiger partial charge >= 0.3 is 0 Å². The van der Waals surface area contributed by atoms with Gasteiger partial charge in [0.15, 0.2) is 18.1 Å². The van der Waals surface area contributed by atoms with E-state index in [1.54, 1.807) is 24.3 Å². The predicted octanol–water partition coefficient (Wildman–Crippen LogP) is 3.51. The third-order valence-corrected chi connectivity index (χ3v) is 4.95. The number of hydrogen-bond acceptors (Lipinski definition) is 6. The summed E-state index contributed by atoms with van der Waals surface area (Å²) in [6.07, 6.45) is 1.72. The van der Waals surface area contributed by atoms with E-state index in [2.05, 4.69) is 10.6 Å². The van der Waals surface area contributed by atoms with E-state index >= 15 is 0 Å². The van der Waals surface area contributed by atoms with E-state index in [-0.39, 0.29) is 18.4 Å². The zero-order valence-electron chi connectivity index (χ0n) is 15.3. The number of hydrogen-bond donors (Lipinski definition) is 2. The van der Waals surface area contributed by atoms with Crippen LogP contribution in [0.4, 0.5) is 5.69 Å². The van der Waals surface area contributed by atoms with Gasteiger partial charge in [-0.05, 0) is 48.4 Å². The van der Waals surface area contributed by atoms with Gasteiger partial charge in [0.2, 0.25) is 0 Å². The molecular weight excluding hydrogens is 396 g/mol. The molecule has 2 amide bonds. The van der Waals surface area contributed by atoms with Crippen molar-refractivity contribution in [3.63, 3.8) is 0 Å². The second-order valence-electron chi connectivity index (χ2n) is 5.97. The minimum atomic E-state index is -0.272. The average molecular weight is 415 g/mol. The predicted molar refractivity (Wildman–Crippen MR) is 115 cm³/mol. The molecule has 0 radical (unpaired) electrons. The molecular formula is C20H18N2O4S2. The van der Waals surface area contributed by atoms with Crippen molar-refractivity contribution in [2.75, 3.05) is 19.0 Å². The first kappa shape index (κ1) is 19.9. The molecule has 0 atom stereocenters.